The minimum Gasteiger partial charge on any atom is -0.494 e. The van der Waals surface area contributed by atoms with Crippen LogP contribution in [0.1, 0.15) is 0 Å². The van der Waals surface area contributed by atoms with E-state index in [9.17, 15) is 38.7 Å². The number of aromatic amines is 1. The van der Waals surface area contributed by atoms with Gasteiger partial charge in [0.1, 0.15) is 18.6 Å². The van der Waals surface area contributed by atoms with Crippen LogP contribution in [0.5, 0.6) is 5.88 Å². The number of carboxylic acids is 2. The van der Waals surface area contributed by atoms with Crippen molar-refractivity contribution >= 4 is 55.3 Å². The van der Waals surface area contributed by atoms with Crippen LogP contribution in [-0.2, 0) is 22.7 Å². The molecule has 0 spiro atoms. The summed E-state index contributed by atoms with van der Waals surface area (Å²) in [5, 5.41) is 27.5. The number of hydrogen-bond acceptors (Lipinski definition) is 9. The summed E-state index contributed by atoms with van der Waals surface area (Å²) in [4.78, 5) is 91.9. The van der Waals surface area contributed by atoms with E-state index in [1.807, 2.05) is 0 Å². The number of H-pyrrole nitrogens is 1. The number of carbonyl (C=O) groups is 2. The zero-order chi connectivity index (χ0) is 24.6. The van der Waals surface area contributed by atoms with E-state index in [4.69, 9.17) is 10.2 Å². The molecule has 0 bridgehead atoms. The molecule has 0 atom stereocenters. The van der Waals surface area contributed by atoms with Crippen LogP contribution in [-0.4, -0.2) is 46.4 Å². The molecule has 0 aliphatic rings. The van der Waals surface area contributed by atoms with Gasteiger partial charge in [-0.2, -0.15) is 0 Å². The van der Waals surface area contributed by atoms with Crippen molar-refractivity contribution in [2.45, 2.75) is 13.1 Å². The number of aromatic hydroxyl groups is 1. The van der Waals surface area contributed by atoms with Crippen molar-refractivity contribution in [3.8, 4) is 5.88 Å². The van der Waals surface area contributed by atoms with E-state index in [0.29, 0.717) is 9.13 Å². The van der Waals surface area contributed by atoms with Crippen LogP contribution in [0.4, 0.5) is 0 Å². The van der Waals surface area contributed by atoms with Gasteiger partial charge in [-0.05, 0) is 12.1 Å². The topological polar surface area (TPSA) is 219 Å². The van der Waals surface area contributed by atoms with Crippen LogP contribution in [0.3, 0.4) is 0 Å². The number of hydrogen-bond donors (Lipinski definition) is 4. The first-order chi connectivity index (χ1) is 16.0. The molecule has 3 aromatic heterocycles. The fourth-order valence-electron chi connectivity index (χ4n) is 4.26. The largest absolute Gasteiger partial charge is 0.494 e. The Hall–Kier alpha value is -5.14. The number of nitrogens with zero attached hydrogens (tertiary/aromatic N) is 3. The summed E-state index contributed by atoms with van der Waals surface area (Å²) >= 11 is 0. The number of fused-ring (bicyclic) bond motifs is 3. The predicted molar refractivity (Wildman–Crippen MR) is 115 cm³/mol. The van der Waals surface area contributed by atoms with E-state index in [0.717, 1.165) is 0 Å². The fourth-order valence-corrected chi connectivity index (χ4v) is 4.26. The second kappa shape index (κ2) is 6.68. The van der Waals surface area contributed by atoms with E-state index in [-0.39, 0.29) is 21.5 Å². The van der Waals surface area contributed by atoms with E-state index < -0.39 is 80.5 Å². The summed E-state index contributed by atoms with van der Waals surface area (Å²) in [5.41, 5.74) is -6.70. The first-order valence-electron chi connectivity index (χ1n) is 9.44. The zero-order valence-electron chi connectivity index (χ0n) is 16.6. The van der Waals surface area contributed by atoms with Gasteiger partial charge in [0.05, 0.1) is 16.3 Å². The van der Waals surface area contributed by atoms with Crippen molar-refractivity contribution in [3.05, 3.63) is 63.9 Å². The number of benzene rings is 2. The molecule has 0 aliphatic carbocycles. The maximum atomic E-state index is 13.3. The molecule has 170 valence electrons. The van der Waals surface area contributed by atoms with Crippen molar-refractivity contribution in [3.63, 3.8) is 0 Å². The lowest BCUT2D eigenvalue weighted by Gasteiger charge is -2.17. The van der Waals surface area contributed by atoms with Crippen LogP contribution < -0.4 is 27.8 Å². The monoisotopic (exact) mass is 466 g/mol. The Kier molecular flexibility index (Phi) is 4.07. The van der Waals surface area contributed by atoms with E-state index in [1.54, 1.807) is 0 Å². The van der Waals surface area contributed by atoms with Crippen molar-refractivity contribution in [2.75, 3.05) is 0 Å². The molecule has 14 heteroatoms. The third-order valence-electron chi connectivity index (χ3n) is 5.55. The summed E-state index contributed by atoms with van der Waals surface area (Å²) < 4.78 is 0.914. The number of nitrogens with one attached hydrogen (secondary N) is 1. The van der Waals surface area contributed by atoms with Crippen molar-refractivity contribution in [1.29, 1.82) is 0 Å². The van der Waals surface area contributed by atoms with Gasteiger partial charge in [-0.25, -0.2) is 4.98 Å². The zero-order valence-corrected chi connectivity index (χ0v) is 16.6. The normalized spacial score (nSPS) is 11.8. The highest BCUT2D eigenvalue weighted by Gasteiger charge is 2.27. The van der Waals surface area contributed by atoms with Gasteiger partial charge >= 0.3 is 23.1 Å². The standard InChI is InChI=1S/C20H10N4O10/c25-7(26)3-23-17(31)5-1-2-6-10-9(5)11(19(23)33)13-14(22-16(30)15(29)21-13)12(10)20(34)24(18(6)32)4-8(27)28/h1-2,31H,3-4H2,(H,22,30)(H,25,26)(H,27,28). The van der Waals surface area contributed by atoms with Gasteiger partial charge < -0.3 is 20.3 Å². The Labute approximate surface area is 182 Å². The first-order valence-corrected chi connectivity index (χ1v) is 9.44. The Balaban J connectivity index is 2.25. The molecule has 3 heterocycles. The Morgan fingerprint density at radius 2 is 1.35 bits per heavy atom. The lowest BCUT2D eigenvalue weighted by Crippen LogP contribution is -2.37. The summed E-state index contributed by atoms with van der Waals surface area (Å²) in [7, 11) is 0. The number of pyridine rings is 2. The Bertz CT molecular complexity index is 2040. The molecule has 0 fully saturated rings. The average molecular weight is 466 g/mol. The number of carboxylic acid groups (broad SMARTS) is 2. The molecule has 0 saturated heterocycles. The SMILES string of the molecule is O=C(O)Cn1c(O)c2ccc3c(=O)n(CC(=O)O)c(=O)c4c5[nH]c(=O)c(=O)nc5c(c1=O)c2c34. The molecule has 5 aromatic rings. The van der Waals surface area contributed by atoms with Gasteiger partial charge in [0.2, 0.25) is 5.88 Å². The van der Waals surface area contributed by atoms with Gasteiger partial charge in [-0.15, -0.1) is 0 Å². The second-order valence-corrected chi connectivity index (χ2v) is 7.45. The molecule has 0 unspecified atom stereocenters. The van der Waals surface area contributed by atoms with Crippen molar-refractivity contribution in [2.24, 2.45) is 0 Å². The predicted octanol–water partition coefficient (Wildman–Crippen LogP) is -1.82. The first kappa shape index (κ1) is 20.7. The summed E-state index contributed by atoms with van der Waals surface area (Å²) in [6, 6.07) is 2.35. The van der Waals surface area contributed by atoms with Crippen LogP contribution >= 0.6 is 0 Å². The van der Waals surface area contributed by atoms with Crippen molar-refractivity contribution < 1.29 is 24.9 Å². The molecule has 0 amide bonds. The molecular weight excluding hydrogens is 456 g/mol. The molecule has 34 heavy (non-hydrogen) atoms. The van der Waals surface area contributed by atoms with E-state index >= 15 is 0 Å². The summed E-state index contributed by atoms with van der Waals surface area (Å²) in [6.07, 6.45) is 0. The van der Waals surface area contributed by atoms with Gasteiger partial charge in [0.15, 0.2) is 0 Å². The number of rotatable bonds is 4. The smallest absolute Gasteiger partial charge is 0.335 e. The third kappa shape index (κ3) is 2.55. The van der Waals surface area contributed by atoms with Gasteiger partial charge in [-0.3, -0.25) is 42.7 Å². The Morgan fingerprint density at radius 3 is 2.00 bits per heavy atom. The summed E-state index contributed by atoms with van der Waals surface area (Å²) in [5.74, 6) is -3.76. The number of aromatic nitrogens is 4. The van der Waals surface area contributed by atoms with Gasteiger partial charge in [-0.1, -0.05) is 0 Å². The minimum absolute atomic E-state index is 0.134. The molecule has 4 N–H and O–H groups in total. The lowest BCUT2D eigenvalue weighted by atomic mass is 9.94. The second-order valence-electron chi connectivity index (χ2n) is 7.45. The maximum Gasteiger partial charge on any atom is 0.335 e. The molecular formula is C20H10N4O10. The molecule has 5 rings (SSSR count). The van der Waals surface area contributed by atoms with Crippen molar-refractivity contribution in [1.82, 2.24) is 19.1 Å². The molecule has 2 aromatic carbocycles. The van der Waals surface area contributed by atoms with Crippen LogP contribution in [0.25, 0.3) is 43.4 Å². The molecule has 14 nitrogen and oxygen atoms in total. The highest BCUT2D eigenvalue weighted by molar-refractivity contribution is 6.32. The minimum atomic E-state index is -1.50. The third-order valence-corrected chi connectivity index (χ3v) is 5.55. The van der Waals surface area contributed by atoms with E-state index in [1.165, 1.54) is 12.1 Å². The average Bonchev–Trinajstić information content (AvgIpc) is 2.76. The van der Waals surface area contributed by atoms with Crippen LogP contribution in [0, 0.1) is 0 Å². The Morgan fingerprint density at radius 1 is 0.794 bits per heavy atom. The van der Waals surface area contributed by atoms with Gasteiger partial charge in [0.25, 0.3) is 16.7 Å². The molecule has 0 saturated carbocycles. The van der Waals surface area contributed by atoms with Crippen LogP contribution in [0.15, 0.2) is 36.1 Å². The maximum absolute atomic E-state index is 13.3. The highest BCUT2D eigenvalue weighted by Crippen LogP contribution is 2.38. The quantitative estimate of drug-likeness (QED) is 0.131. The molecule has 0 radical (unpaired) electrons. The molecule has 0 aliphatic heterocycles. The van der Waals surface area contributed by atoms with E-state index in [2.05, 4.69) is 9.97 Å². The summed E-state index contributed by atoms with van der Waals surface area (Å²) in [6.45, 7) is -1.97. The fraction of sp³-hybridized carbons (Fsp3) is 0.100. The number of aliphatic carboxylic acids is 2. The lowest BCUT2D eigenvalue weighted by molar-refractivity contribution is -0.138. The van der Waals surface area contributed by atoms with Gasteiger partial charge in [0, 0.05) is 21.5 Å². The highest BCUT2D eigenvalue weighted by atomic mass is 16.4. The van der Waals surface area contributed by atoms with Crippen LogP contribution in [0.2, 0.25) is 0 Å².